The third-order valence-electron chi connectivity index (χ3n) is 5.02. The summed E-state index contributed by atoms with van der Waals surface area (Å²) < 4.78 is 1.53. The Labute approximate surface area is 172 Å². The number of aromatic nitrogens is 2. The lowest BCUT2D eigenvalue weighted by molar-refractivity contribution is -0.133. The lowest BCUT2D eigenvalue weighted by atomic mass is 10.1. The summed E-state index contributed by atoms with van der Waals surface area (Å²) in [4.78, 5) is 34.3. The van der Waals surface area contributed by atoms with Crippen LogP contribution in [0, 0.1) is 0 Å². The van der Waals surface area contributed by atoms with E-state index in [4.69, 9.17) is 16.6 Å². The first-order valence-corrected chi connectivity index (χ1v) is 10.2. The Morgan fingerprint density at radius 1 is 1.25 bits per heavy atom. The van der Waals surface area contributed by atoms with Gasteiger partial charge in [-0.1, -0.05) is 31.4 Å². The van der Waals surface area contributed by atoms with E-state index in [-0.39, 0.29) is 17.5 Å². The molecule has 28 heavy (non-hydrogen) atoms. The van der Waals surface area contributed by atoms with Gasteiger partial charge in [-0.25, -0.2) is 4.98 Å². The standard InChI is InChI=1S/C21H31ClN4O2/c1-6-7-8-9-19(27)26(13-12-24(3)4)15(2)20-23-18-11-10-16(22)14-17(18)21(28)25(20)5/h10-11,14-15H,6-9,12-13H2,1-5H3. The molecule has 0 aliphatic rings. The van der Waals surface area contributed by atoms with E-state index in [2.05, 4.69) is 6.92 Å². The second-order valence-corrected chi connectivity index (χ2v) is 7.96. The van der Waals surface area contributed by atoms with Crippen LogP contribution in [0.25, 0.3) is 10.9 Å². The highest BCUT2D eigenvalue weighted by Gasteiger charge is 2.25. The van der Waals surface area contributed by atoms with Crippen molar-refractivity contribution in [3.8, 4) is 0 Å². The SMILES string of the molecule is CCCCCC(=O)N(CCN(C)C)C(C)c1nc2ccc(Cl)cc2c(=O)n1C. The predicted molar refractivity (Wildman–Crippen MR) is 115 cm³/mol. The molecule has 154 valence electrons. The third-order valence-corrected chi connectivity index (χ3v) is 5.25. The molecule has 2 rings (SSSR count). The summed E-state index contributed by atoms with van der Waals surface area (Å²) in [6, 6.07) is 4.82. The summed E-state index contributed by atoms with van der Waals surface area (Å²) in [6.45, 7) is 5.41. The van der Waals surface area contributed by atoms with Gasteiger partial charge in [-0.05, 0) is 45.6 Å². The Morgan fingerprint density at radius 3 is 2.61 bits per heavy atom. The number of likely N-dealkylation sites (N-methyl/N-ethyl adjacent to an activating group) is 1. The number of carbonyl (C=O) groups is 1. The minimum atomic E-state index is -0.299. The molecule has 1 amide bonds. The molecular weight excluding hydrogens is 376 g/mol. The van der Waals surface area contributed by atoms with Crippen LogP contribution in [0.15, 0.2) is 23.0 Å². The molecule has 1 unspecified atom stereocenters. The number of amides is 1. The van der Waals surface area contributed by atoms with E-state index in [0.717, 1.165) is 25.8 Å². The largest absolute Gasteiger partial charge is 0.332 e. The number of carbonyl (C=O) groups excluding carboxylic acids is 1. The van der Waals surface area contributed by atoms with Crippen LogP contribution in [0.2, 0.25) is 5.02 Å². The molecule has 0 fully saturated rings. The van der Waals surface area contributed by atoms with E-state index in [0.29, 0.717) is 34.7 Å². The summed E-state index contributed by atoms with van der Waals surface area (Å²) in [6.07, 6.45) is 3.50. The quantitative estimate of drug-likeness (QED) is 0.597. The highest BCUT2D eigenvalue weighted by Crippen LogP contribution is 2.22. The van der Waals surface area contributed by atoms with Crippen molar-refractivity contribution < 1.29 is 4.79 Å². The van der Waals surface area contributed by atoms with Gasteiger partial charge in [-0.2, -0.15) is 0 Å². The average molecular weight is 407 g/mol. The van der Waals surface area contributed by atoms with Gasteiger partial charge in [-0.3, -0.25) is 14.2 Å². The maximum atomic E-state index is 12.9. The van der Waals surface area contributed by atoms with E-state index in [1.165, 1.54) is 4.57 Å². The molecule has 0 saturated heterocycles. The van der Waals surface area contributed by atoms with Gasteiger partial charge in [0, 0.05) is 31.6 Å². The maximum absolute atomic E-state index is 12.9. The van der Waals surface area contributed by atoms with Gasteiger partial charge < -0.3 is 9.80 Å². The van der Waals surface area contributed by atoms with E-state index < -0.39 is 0 Å². The van der Waals surface area contributed by atoms with Crippen LogP contribution in [0.1, 0.15) is 51.4 Å². The van der Waals surface area contributed by atoms with Crippen LogP contribution in [-0.4, -0.2) is 52.4 Å². The third kappa shape index (κ3) is 5.32. The number of unbranched alkanes of at least 4 members (excludes halogenated alkanes) is 2. The number of nitrogens with zero attached hydrogens (tertiary/aromatic N) is 4. The Bertz CT molecular complexity index is 879. The monoisotopic (exact) mass is 406 g/mol. The topological polar surface area (TPSA) is 58.4 Å². The summed E-state index contributed by atoms with van der Waals surface area (Å²) in [5, 5.41) is 0.992. The minimum Gasteiger partial charge on any atom is -0.332 e. The van der Waals surface area contributed by atoms with Gasteiger partial charge in [0.25, 0.3) is 5.56 Å². The van der Waals surface area contributed by atoms with Crippen molar-refractivity contribution in [2.24, 2.45) is 7.05 Å². The maximum Gasteiger partial charge on any atom is 0.261 e. The Kier molecular flexibility index (Phi) is 8.01. The van der Waals surface area contributed by atoms with E-state index in [1.807, 2.05) is 30.8 Å². The average Bonchev–Trinajstić information content (AvgIpc) is 2.65. The summed E-state index contributed by atoms with van der Waals surface area (Å²) in [5.74, 6) is 0.690. The van der Waals surface area contributed by atoms with Gasteiger partial charge >= 0.3 is 0 Å². The van der Waals surface area contributed by atoms with E-state index in [1.54, 1.807) is 25.2 Å². The molecule has 0 saturated carbocycles. The van der Waals surface area contributed by atoms with Crippen molar-refractivity contribution in [2.45, 2.75) is 45.6 Å². The fraction of sp³-hybridized carbons (Fsp3) is 0.571. The summed E-state index contributed by atoms with van der Waals surface area (Å²) >= 11 is 6.04. The first kappa shape index (κ1) is 22.4. The molecule has 0 N–H and O–H groups in total. The van der Waals surface area contributed by atoms with Gasteiger partial charge in [0.1, 0.15) is 5.82 Å². The fourth-order valence-corrected chi connectivity index (χ4v) is 3.46. The second kappa shape index (κ2) is 10.0. The summed E-state index contributed by atoms with van der Waals surface area (Å²) in [5.41, 5.74) is 0.445. The number of hydrogen-bond donors (Lipinski definition) is 0. The molecule has 0 aliphatic carbocycles. The van der Waals surface area contributed by atoms with Crippen molar-refractivity contribution >= 4 is 28.4 Å². The highest BCUT2D eigenvalue weighted by atomic mass is 35.5. The molecule has 0 radical (unpaired) electrons. The van der Waals surface area contributed by atoms with Crippen LogP contribution in [0.5, 0.6) is 0 Å². The second-order valence-electron chi connectivity index (χ2n) is 7.52. The summed E-state index contributed by atoms with van der Waals surface area (Å²) in [7, 11) is 5.67. The number of rotatable bonds is 9. The minimum absolute atomic E-state index is 0.105. The van der Waals surface area contributed by atoms with Crippen molar-refractivity contribution in [1.82, 2.24) is 19.4 Å². The number of fused-ring (bicyclic) bond motifs is 1. The fourth-order valence-electron chi connectivity index (χ4n) is 3.29. The van der Waals surface area contributed by atoms with Crippen LogP contribution in [-0.2, 0) is 11.8 Å². The zero-order valence-electron chi connectivity index (χ0n) is 17.5. The smallest absolute Gasteiger partial charge is 0.261 e. The molecule has 1 aromatic heterocycles. The van der Waals surface area contributed by atoms with Crippen LogP contribution < -0.4 is 5.56 Å². The molecule has 1 atom stereocenters. The molecule has 1 heterocycles. The van der Waals surface area contributed by atoms with Crippen molar-refractivity contribution in [3.05, 3.63) is 39.4 Å². The molecule has 7 heteroatoms. The number of hydrogen-bond acceptors (Lipinski definition) is 4. The van der Waals surface area contributed by atoms with Gasteiger partial charge in [-0.15, -0.1) is 0 Å². The van der Waals surface area contributed by atoms with Crippen LogP contribution in [0.3, 0.4) is 0 Å². The van der Waals surface area contributed by atoms with Gasteiger partial charge in [0.2, 0.25) is 5.91 Å². The molecule has 0 aliphatic heterocycles. The zero-order chi connectivity index (χ0) is 20.8. The molecule has 2 aromatic rings. The molecule has 6 nitrogen and oxygen atoms in total. The van der Waals surface area contributed by atoms with Gasteiger partial charge in [0.05, 0.1) is 16.9 Å². The Hall–Kier alpha value is -1.92. The van der Waals surface area contributed by atoms with E-state index in [9.17, 15) is 9.59 Å². The number of benzene rings is 1. The lowest BCUT2D eigenvalue weighted by Crippen LogP contribution is -2.40. The molecular formula is C21H31ClN4O2. The zero-order valence-corrected chi connectivity index (χ0v) is 18.3. The van der Waals surface area contributed by atoms with Crippen molar-refractivity contribution in [2.75, 3.05) is 27.2 Å². The van der Waals surface area contributed by atoms with Crippen LogP contribution in [0.4, 0.5) is 0 Å². The van der Waals surface area contributed by atoms with Crippen LogP contribution >= 0.6 is 11.6 Å². The first-order chi connectivity index (χ1) is 13.3. The number of halogens is 1. The van der Waals surface area contributed by atoms with Crippen molar-refractivity contribution in [3.63, 3.8) is 0 Å². The molecule has 0 bridgehead atoms. The Balaban J connectivity index is 2.40. The highest BCUT2D eigenvalue weighted by molar-refractivity contribution is 6.31. The van der Waals surface area contributed by atoms with Crippen molar-refractivity contribution in [1.29, 1.82) is 0 Å². The normalized spacial score (nSPS) is 12.5. The predicted octanol–water partition coefficient (Wildman–Crippen LogP) is 3.62. The van der Waals surface area contributed by atoms with E-state index >= 15 is 0 Å². The first-order valence-electron chi connectivity index (χ1n) is 9.86. The van der Waals surface area contributed by atoms with Gasteiger partial charge in [0.15, 0.2) is 0 Å². The molecule has 1 aromatic carbocycles. The molecule has 0 spiro atoms. The lowest BCUT2D eigenvalue weighted by Gasteiger charge is -2.31. The Morgan fingerprint density at radius 2 is 1.96 bits per heavy atom.